The van der Waals surface area contributed by atoms with Gasteiger partial charge >= 0.3 is 0 Å². The van der Waals surface area contributed by atoms with Gasteiger partial charge in [-0.15, -0.1) is 11.8 Å². The Morgan fingerprint density at radius 3 is 2.86 bits per heavy atom. The highest BCUT2D eigenvalue weighted by atomic mass is 35.5. The van der Waals surface area contributed by atoms with Crippen molar-refractivity contribution < 1.29 is 4.74 Å². The lowest BCUT2D eigenvalue weighted by Gasteiger charge is -2.12. The first-order chi connectivity index (χ1) is 6.67. The van der Waals surface area contributed by atoms with Gasteiger partial charge in [-0.05, 0) is 18.2 Å². The van der Waals surface area contributed by atoms with Crippen LogP contribution in [0.4, 0.5) is 0 Å². The van der Waals surface area contributed by atoms with Crippen molar-refractivity contribution in [2.24, 2.45) is 5.73 Å². The molecule has 1 unspecified atom stereocenters. The molecule has 0 heterocycles. The molecule has 0 bridgehead atoms. The monoisotopic (exact) mass is 231 g/mol. The molecule has 78 valence electrons. The molecule has 1 aromatic carbocycles. The first-order valence-electron chi connectivity index (χ1n) is 4.37. The fourth-order valence-electron chi connectivity index (χ4n) is 1.01. The lowest BCUT2D eigenvalue weighted by atomic mass is 10.3. The second kappa shape index (κ2) is 5.49. The van der Waals surface area contributed by atoms with Gasteiger partial charge < -0.3 is 10.5 Å². The van der Waals surface area contributed by atoms with Crippen LogP contribution in [0.25, 0.3) is 0 Å². The van der Waals surface area contributed by atoms with Gasteiger partial charge in [-0.25, -0.2) is 0 Å². The number of hydrogen-bond acceptors (Lipinski definition) is 3. The van der Waals surface area contributed by atoms with Crippen LogP contribution >= 0.6 is 23.4 Å². The van der Waals surface area contributed by atoms with Crippen LogP contribution in [-0.4, -0.2) is 18.9 Å². The topological polar surface area (TPSA) is 35.2 Å². The van der Waals surface area contributed by atoms with Gasteiger partial charge in [0.25, 0.3) is 0 Å². The van der Waals surface area contributed by atoms with Crippen LogP contribution in [0.2, 0.25) is 5.02 Å². The molecule has 0 saturated carbocycles. The Morgan fingerprint density at radius 2 is 2.29 bits per heavy atom. The Hall–Kier alpha value is -0.380. The van der Waals surface area contributed by atoms with Gasteiger partial charge in [0.05, 0.1) is 12.0 Å². The van der Waals surface area contributed by atoms with E-state index in [1.165, 1.54) is 0 Å². The average molecular weight is 232 g/mol. The fraction of sp³-hybridized carbons (Fsp3) is 0.400. The summed E-state index contributed by atoms with van der Waals surface area (Å²) in [6, 6.07) is 5.59. The predicted molar refractivity (Wildman–Crippen MR) is 62.4 cm³/mol. The van der Waals surface area contributed by atoms with E-state index in [0.29, 0.717) is 11.8 Å². The summed E-state index contributed by atoms with van der Waals surface area (Å²) in [6.45, 7) is 2.71. The normalized spacial score (nSPS) is 12.6. The van der Waals surface area contributed by atoms with E-state index in [1.54, 1.807) is 18.9 Å². The SMILES string of the molecule is COc1ccc(Cl)cc1SC(C)CN. The van der Waals surface area contributed by atoms with E-state index < -0.39 is 0 Å². The molecule has 1 aromatic rings. The van der Waals surface area contributed by atoms with Crippen molar-refractivity contribution >= 4 is 23.4 Å². The second-order valence-corrected chi connectivity index (χ2v) is 4.88. The Balaban J connectivity index is 2.87. The van der Waals surface area contributed by atoms with Gasteiger partial charge in [-0.1, -0.05) is 18.5 Å². The molecule has 4 heteroatoms. The van der Waals surface area contributed by atoms with Crippen LogP contribution in [0.1, 0.15) is 6.92 Å². The van der Waals surface area contributed by atoms with E-state index in [2.05, 4.69) is 6.92 Å². The van der Waals surface area contributed by atoms with Gasteiger partial charge in [-0.3, -0.25) is 0 Å². The molecule has 0 amide bonds. The molecule has 14 heavy (non-hydrogen) atoms. The number of ether oxygens (including phenoxy) is 1. The quantitative estimate of drug-likeness (QED) is 0.810. The molecule has 2 nitrogen and oxygen atoms in total. The van der Waals surface area contributed by atoms with Crippen molar-refractivity contribution in [3.8, 4) is 5.75 Å². The molecule has 1 rings (SSSR count). The summed E-state index contributed by atoms with van der Waals surface area (Å²) < 4.78 is 5.23. The molecule has 0 spiro atoms. The van der Waals surface area contributed by atoms with Crippen molar-refractivity contribution in [2.75, 3.05) is 13.7 Å². The zero-order valence-corrected chi connectivity index (χ0v) is 9.86. The lowest BCUT2D eigenvalue weighted by molar-refractivity contribution is 0.405. The highest BCUT2D eigenvalue weighted by molar-refractivity contribution is 8.00. The summed E-state index contributed by atoms with van der Waals surface area (Å²) in [5, 5.41) is 1.08. The molecule has 0 aromatic heterocycles. The van der Waals surface area contributed by atoms with E-state index in [-0.39, 0.29) is 0 Å². The van der Waals surface area contributed by atoms with E-state index in [4.69, 9.17) is 22.1 Å². The third-order valence-electron chi connectivity index (χ3n) is 1.79. The van der Waals surface area contributed by atoms with Crippen molar-refractivity contribution in [1.29, 1.82) is 0 Å². The van der Waals surface area contributed by atoms with Gasteiger partial charge in [0.2, 0.25) is 0 Å². The minimum absolute atomic E-state index is 0.363. The summed E-state index contributed by atoms with van der Waals surface area (Å²) in [7, 11) is 1.65. The van der Waals surface area contributed by atoms with Crippen molar-refractivity contribution in [3.63, 3.8) is 0 Å². The highest BCUT2D eigenvalue weighted by Crippen LogP contribution is 2.33. The number of thioether (sulfide) groups is 1. The minimum Gasteiger partial charge on any atom is -0.496 e. The maximum atomic E-state index is 5.90. The molecule has 0 radical (unpaired) electrons. The number of rotatable bonds is 4. The third kappa shape index (κ3) is 3.08. The summed E-state index contributed by atoms with van der Waals surface area (Å²) in [5.41, 5.74) is 5.55. The van der Waals surface area contributed by atoms with Gasteiger partial charge in [-0.2, -0.15) is 0 Å². The lowest BCUT2D eigenvalue weighted by Crippen LogP contribution is -2.12. The van der Waals surface area contributed by atoms with Crippen molar-refractivity contribution in [1.82, 2.24) is 0 Å². The fourth-order valence-corrected chi connectivity index (χ4v) is 2.24. The maximum Gasteiger partial charge on any atom is 0.132 e. The molecule has 2 N–H and O–H groups in total. The van der Waals surface area contributed by atoms with E-state index >= 15 is 0 Å². The van der Waals surface area contributed by atoms with Crippen LogP contribution in [0, 0.1) is 0 Å². The predicted octanol–water partition coefficient (Wildman–Crippen LogP) is 2.79. The Labute approximate surface area is 93.8 Å². The zero-order valence-electron chi connectivity index (χ0n) is 8.29. The van der Waals surface area contributed by atoms with Crippen LogP contribution in [0.3, 0.4) is 0 Å². The molecule has 0 aliphatic heterocycles. The van der Waals surface area contributed by atoms with Gasteiger partial charge in [0.15, 0.2) is 0 Å². The molecule has 0 saturated heterocycles. The summed E-state index contributed by atoms with van der Waals surface area (Å²) in [6.07, 6.45) is 0. The first-order valence-corrected chi connectivity index (χ1v) is 5.63. The van der Waals surface area contributed by atoms with Crippen molar-refractivity contribution in [2.45, 2.75) is 17.1 Å². The number of benzene rings is 1. The van der Waals surface area contributed by atoms with Gasteiger partial charge in [0, 0.05) is 16.8 Å². The molecule has 1 atom stereocenters. The Bertz CT molecular complexity index is 306. The molecular formula is C10H14ClNOS. The van der Waals surface area contributed by atoms with E-state index in [0.717, 1.165) is 15.7 Å². The number of hydrogen-bond donors (Lipinski definition) is 1. The molecular weight excluding hydrogens is 218 g/mol. The molecule has 0 aliphatic carbocycles. The average Bonchev–Trinajstić information content (AvgIpc) is 2.18. The van der Waals surface area contributed by atoms with Crippen LogP contribution in [0.15, 0.2) is 23.1 Å². The Kier molecular flexibility index (Phi) is 4.58. The van der Waals surface area contributed by atoms with Gasteiger partial charge in [0.1, 0.15) is 5.75 Å². The summed E-state index contributed by atoms with van der Waals surface area (Å²) in [5.74, 6) is 0.847. The second-order valence-electron chi connectivity index (χ2n) is 2.96. The smallest absolute Gasteiger partial charge is 0.132 e. The van der Waals surface area contributed by atoms with E-state index in [9.17, 15) is 0 Å². The van der Waals surface area contributed by atoms with Crippen LogP contribution in [-0.2, 0) is 0 Å². The standard InChI is InChI=1S/C10H14ClNOS/c1-7(6-12)14-10-5-8(11)3-4-9(10)13-2/h3-5,7H,6,12H2,1-2H3. The zero-order chi connectivity index (χ0) is 10.6. The van der Waals surface area contributed by atoms with Crippen LogP contribution in [0.5, 0.6) is 5.75 Å². The number of methoxy groups -OCH3 is 1. The number of halogens is 1. The third-order valence-corrected chi connectivity index (χ3v) is 3.19. The molecule has 0 fully saturated rings. The summed E-state index contributed by atoms with van der Waals surface area (Å²) >= 11 is 7.57. The first kappa shape index (κ1) is 11.7. The Morgan fingerprint density at radius 1 is 1.57 bits per heavy atom. The number of nitrogens with two attached hydrogens (primary N) is 1. The van der Waals surface area contributed by atoms with Crippen molar-refractivity contribution in [3.05, 3.63) is 23.2 Å². The highest BCUT2D eigenvalue weighted by Gasteiger charge is 2.08. The van der Waals surface area contributed by atoms with Crippen LogP contribution < -0.4 is 10.5 Å². The van der Waals surface area contributed by atoms with E-state index in [1.807, 2.05) is 18.2 Å². The maximum absolute atomic E-state index is 5.90. The summed E-state index contributed by atoms with van der Waals surface area (Å²) in [4.78, 5) is 1.04. The molecule has 0 aliphatic rings. The minimum atomic E-state index is 0.363. The largest absolute Gasteiger partial charge is 0.496 e.